The first-order valence-electron chi connectivity index (χ1n) is 6.37. The minimum absolute atomic E-state index is 0.143. The lowest BCUT2D eigenvalue weighted by Gasteiger charge is -2.21. The van der Waals surface area contributed by atoms with Crippen LogP contribution >= 0.6 is 11.8 Å². The molecular weight excluding hydrogens is 252 g/mol. The number of carbonyl (C=O) groups is 2. The molecule has 0 aliphatic heterocycles. The van der Waals surface area contributed by atoms with Gasteiger partial charge in [-0.2, -0.15) is 11.8 Å². The number of nitrogens with one attached hydrogen (secondary N) is 2. The molecule has 0 aromatic rings. The summed E-state index contributed by atoms with van der Waals surface area (Å²) in [6.07, 6.45) is 5.15. The van der Waals surface area contributed by atoms with Gasteiger partial charge in [0.2, 0.25) is 0 Å². The van der Waals surface area contributed by atoms with E-state index >= 15 is 0 Å². The standard InChI is InChI=1S/C12H22N2O3S/c1-3-8(7-18-2)13-12(17)14-10-6-4-5-9(10)11(15)16/h8-10H,3-7H2,1-2H3,(H,15,16)(H2,13,14,17). The Hall–Kier alpha value is -0.910. The summed E-state index contributed by atoms with van der Waals surface area (Å²) < 4.78 is 0. The average molecular weight is 274 g/mol. The lowest BCUT2D eigenvalue weighted by molar-refractivity contribution is -0.142. The number of carboxylic acid groups (broad SMARTS) is 1. The Kier molecular flexibility index (Phi) is 6.32. The summed E-state index contributed by atoms with van der Waals surface area (Å²) >= 11 is 1.69. The summed E-state index contributed by atoms with van der Waals surface area (Å²) in [5.41, 5.74) is 0. The molecule has 1 fully saturated rings. The van der Waals surface area contributed by atoms with E-state index in [1.54, 1.807) is 11.8 Å². The Morgan fingerprint density at radius 3 is 2.72 bits per heavy atom. The predicted molar refractivity (Wildman–Crippen MR) is 72.9 cm³/mol. The fourth-order valence-electron chi connectivity index (χ4n) is 2.29. The highest BCUT2D eigenvalue weighted by Crippen LogP contribution is 2.25. The molecule has 0 aromatic carbocycles. The largest absolute Gasteiger partial charge is 0.481 e. The Balaban J connectivity index is 2.41. The fourth-order valence-corrected chi connectivity index (χ4v) is 3.01. The van der Waals surface area contributed by atoms with Gasteiger partial charge in [-0.15, -0.1) is 0 Å². The summed E-state index contributed by atoms with van der Waals surface area (Å²) in [6.45, 7) is 2.02. The molecule has 0 bridgehead atoms. The number of carboxylic acids is 1. The Morgan fingerprint density at radius 1 is 1.44 bits per heavy atom. The molecule has 3 N–H and O–H groups in total. The molecule has 0 heterocycles. The van der Waals surface area contributed by atoms with Gasteiger partial charge < -0.3 is 15.7 Å². The maximum atomic E-state index is 11.8. The number of urea groups is 1. The van der Waals surface area contributed by atoms with E-state index in [4.69, 9.17) is 5.11 Å². The van der Waals surface area contributed by atoms with Gasteiger partial charge >= 0.3 is 12.0 Å². The Morgan fingerprint density at radius 2 is 2.17 bits per heavy atom. The number of amides is 2. The van der Waals surface area contributed by atoms with Crippen LogP contribution in [0.1, 0.15) is 32.6 Å². The smallest absolute Gasteiger partial charge is 0.315 e. The van der Waals surface area contributed by atoms with Crippen molar-refractivity contribution in [1.82, 2.24) is 10.6 Å². The van der Waals surface area contributed by atoms with Crippen LogP contribution < -0.4 is 10.6 Å². The van der Waals surface area contributed by atoms with Crippen LogP contribution in [0.2, 0.25) is 0 Å². The fraction of sp³-hybridized carbons (Fsp3) is 0.833. The molecule has 3 atom stereocenters. The number of carbonyl (C=O) groups excluding carboxylic acids is 1. The molecule has 0 saturated heterocycles. The first kappa shape index (κ1) is 15.1. The van der Waals surface area contributed by atoms with Gasteiger partial charge in [-0.3, -0.25) is 4.79 Å². The monoisotopic (exact) mass is 274 g/mol. The van der Waals surface area contributed by atoms with Crippen molar-refractivity contribution in [2.45, 2.75) is 44.7 Å². The lowest BCUT2D eigenvalue weighted by Crippen LogP contribution is -2.49. The maximum absolute atomic E-state index is 11.8. The number of rotatable bonds is 6. The normalized spacial score (nSPS) is 24.6. The minimum Gasteiger partial charge on any atom is -0.481 e. The van der Waals surface area contributed by atoms with E-state index < -0.39 is 11.9 Å². The van der Waals surface area contributed by atoms with E-state index in [-0.39, 0.29) is 18.1 Å². The highest BCUT2D eigenvalue weighted by Gasteiger charge is 2.33. The number of aliphatic carboxylic acids is 1. The second kappa shape index (κ2) is 7.51. The number of thioether (sulfide) groups is 1. The molecular formula is C12H22N2O3S. The van der Waals surface area contributed by atoms with Crippen LogP contribution in [0.3, 0.4) is 0 Å². The van der Waals surface area contributed by atoms with Crippen LogP contribution in [-0.2, 0) is 4.79 Å². The molecule has 5 nitrogen and oxygen atoms in total. The van der Waals surface area contributed by atoms with E-state index in [9.17, 15) is 9.59 Å². The van der Waals surface area contributed by atoms with Crippen molar-refractivity contribution in [3.63, 3.8) is 0 Å². The minimum atomic E-state index is -0.811. The molecule has 1 aliphatic rings. The van der Waals surface area contributed by atoms with Gasteiger partial charge in [0.1, 0.15) is 0 Å². The van der Waals surface area contributed by atoms with Crippen molar-refractivity contribution in [3.05, 3.63) is 0 Å². The highest BCUT2D eigenvalue weighted by molar-refractivity contribution is 7.98. The molecule has 3 unspecified atom stereocenters. The summed E-state index contributed by atoms with van der Waals surface area (Å²) in [6, 6.07) is -0.326. The SMILES string of the molecule is CCC(CSC)NC(=O)NC1CCCC1C(=O)O. The van der Waals surface area contributed by atoms with Gasteiger partial charge in [0.15, 0.2) is 0 Å². The van der Waals surface area contributed by atoms with Gasteiger partial charge in [0, 0.05) is 17.8 Å². The molecule has 104 valence electrons. The van der Waals surface area contributed by atoms with Gasteiger partial charge in [0.05, 0.1) is 5.92 Å². The quantitative estimate of drug-likeness (QED) is 0.688. The summed E-state index contributed by atoms with van der Waals surface area (Å²) in [5, 5.41) is 14.7. The summed E-state index contributed by atoms with van der Waals surface area (Å²) in [7, 11) is 0. The topological polar surface area (TPSA) is 78.4 Å². The zero-order valence-corrected chi connectivity index (χ0v) is 11.8. The van der Waals surface area contributed by atoms with Crippen LogP contribution in [0.15, 0.2) is 0 Å². The molecule has 0 spiro atoms. The number of hydrogen-bond donors (Lipinski definition) is 3. The van der Waals surface area contributed by atoms with Crippen molar-refractivity contribution in [3.8, 4) is 0 Å². The maximum Gasteiger partial charge on any atom is 0.315 e. The van der Waals surface area contributed by atoms with Gasteiger partial charge in [0.25, 0.3) is 0 Å². The highest BCUT2D eigenvalue weighted by atomic mass is 32.2. The van der Waals surface area contributed by atoms with E-state index in [1.807, 2.05) is 13.2 Å². The third-order valence-corrected chi connectivity index (χ3v) is 4.08. The van der Waals surface area contributed by atoms with E-state index in [1.165, 1.54) is 0 Å². The second-order valence-corrected chi connectivity index (χ2v) is 5.57. The molecule has 1 rings (SSSR count). The molecule has 1 aliphatic carbocycles. The first-order chi connectivity index (χ1) is 8.58. The van der Waals surface area contributed by atoms with Gasteiger partial charge in [-0.05, 0) is 25.5 Å². The first-order valence-corrected chi connectivity index (χ1v) is 7.76. The van der Waals surface area contributed by atoms with Crippen LogP contribution in [0.25, 0.3) is 0 Å². The van der Waals surface area contributed by atoms with Crippen LogP contribution in [0.4, 0.5) is 4.79 Å². The molecule has 6 heteroatoms. The lowest BCUT2D eigenvalue weighted by atomic mass is 10.0. The average Bonchev–Trinajstić information content (AvgIpc) is 2.76. The van der Waals surface area contributed by atoms with Gasteiger partial charge in [-0.25, -0.2) is 4.79 Å². The summed E-state index contributed by atoms with van der Waals surface area (Å²) in [4.78, 5) is 22.8. The van der Waals surface area contributed by atoms with Gasteiger partial charge in [-0.1, -0.05) is 13.3 Å². The van der Waals surface area contributed by atoms with E-state index in [0.717, 1.165) is 25.0 Å². The molecule has 0 radical (unpaired) electrons. The zero-order chi connectivity index (χ0) is 13.5. The molecule has 1 saturated carbocycles. The van der Waals surface area contributed by atoms with E-state index in [0.29, 0.717) is 6.42 Å². The third kappa shape index (κ3) is 4.40. The van der Waals surface area contributed by atoms with Crippen LogP contribution in [0.5, 0.6) is 0 Å². The second-order valence-electron chi connectivity index (χ2n) is 4.66. The van der Waals surface area contributed by atoms with Crippen molar-refractivity contribution in [1.29, 1.82) is 0 Å². The van der Waals surface area contributed by atoms with Crippen molar-refractivity contribution in [2.75, 3.05) is 12.0 Å². The molecule has 2 amide bonds. The van der Waals surface area contributed by atoms with Crippen LogP contribution in [-0.4, -0.2) is 41.2 Å². The zero-order valence-electron chi connectivity index (χ0n) is 10.9. The Labute approximate surface area is 112 Å². The summed E-state index contributed by atoms with van der Waals surface area (Å²) in [5.74, 6) is -0.373. The third-order valence-electron chi connectivity index (χ3n) is 3.35. The van der Waals surface area contributed by atoms with Crippen molar-refractivity contribution < 1.29 is 14.7 Å². The van der Waals surface area contributed by atoms with Crippen LogP contribution in [0, 0.1) is 5.92 Å². The molecule has 0 aromatic heterocycles. The number of hydrogen-bond acceptors (Lipinski definition) is 3. The van der Waals surface area contributed by atoms with Crippen molar-refractivity contribution in [2.24, 2.45) is 5.92 Å². The van der Waals surface area contributed by atoms with Crippen molar-refractivity contribution >= 4 is 23.8 Å². The molecule has 18 heavy (non-hydrogen) atoms. The predicted octanol–water partition coefficient (Wildman–Crippen LogP) is 1.68. The Bertz CT molecular complexity index is 299. The van der Waals surface area contributed by atoms with E-state index in [2.05, 4.69) is 10.6 Å².